The molecule has 2 aliphatic rings. The number of nitrogens with zero attached hydrogens (tertiary/aromatic N) is 3. The summed E-state index contributed by atoms with van der Waals surface area (Å²) in [6.45, 7) is 3.87. The van der Waals surface area contributed by atoms with E-state index in [0.717, 1.165) is 49.1 Å². The Labute approximate surface area is 190 Å². The Hall–Kier alpha value is -3.30. The average molecular weight is 452 g/mol. The lowest BCUT2D eigenvalue weighted by atomic mass is 10.0. The number of amides is 1. The number of likely N-dealkylation sites (tertiary alicyclic amines) is 1. The Morgan fingerprint density at radius 3 is 2.79 bits per heavy atom. The van der Waals surface area contributed by atoms with Crippen LogP contribution in [0.15, 0.2) is 47.3 Å². The molecule has 33 heavy (non-hydrogen) atoms. The van der Waals surface area contributed by atoms with Gasteiger partial charge in [0, 0.05) is 37.1 Å². The van der Waals surface area contributed by atoms with Gasteiger partial charge in [-0.2, -0.15) is 0 Å². The number of hydrogen-bond acceptors (Lipinski definition) is 6. The fraction of sp³-hybridized carbons (Fsp3) is 0.375. The van der Waals surface area contributed by atoms with E-state index in [0.29, 0.717) is 30.7 Å². The molecule has 0 atom stereocenters. The topological polar surface area (TPSA) is 88.5 Å². The van der Waals surface area contributed by atoms with E-state index in [1.165, 1.54) is 18.2 Å². The second-order valence-corrected chi connectivity index (χ2v) is 8.51. The van der Waals surface area contributed by atoms with Crippen LogP contribution in [-0.4, -0.2) is 52.6 Å². The van der Waals surface area contributed by atoms with E-state index in [1.807, 2.05) is 12.1 Å². The van der Waals surface area contributed by atoms with Gasteiger partial charge < -0.3 is 24.8 Å². The number of benzene rings is 1. The highest BCUT2D eigenvalue weighted by Gasteiger charge is 2.20. The van der Waals surface area contributed by atoms with Crippen LogP contribution in [0.25, 0.3) is 10.9 Å². The molecular weight excluding hydrogens is 425 g/mol. The zero-order valence-corrected chi connectivity index (χ0v) is 18.2. The molecule has 0 bridgehead atoms. The van der Waals surface area contributed by atoms with E-state index in [9.17, 15) is 14.0 Å². The maximum Gasteiger partial charge on any atom is 0.263 e. The molecular formula is C24H26FN5O3. The molecule has 8 nitrogen and oxygen atoms in total. The molecule has 0 aliphatic carbocycles. The van der Waals surface area contributed by atoms with Gasteiger partial charge in [0.1, 0.15) is 5.82 Å². The van der Waals surface area contributed by atoms with E-state index >= 15 is 0 Å². The van der Waals surface area contributed by atoms with Crippen LogP contribution in [0.4, 0.5) is 10.2 Å². The largest absolute Gasteiger partial charge is 0.480 e. The van der Waals surface area contributed by atoms with E-state index in [1.54, 1.807) is 16.7 Å². The molecule has 1 saturated heterocycles. The third-order valence-corrected chi connectivity index (χ3v) is 6.28. The van der Waals surface area contributed by atoms with Crippen molar-refractivity contribution in [3.05, 3.63) is 64.3 Å². The Morgan fingerprint density at radius 1 is 1.09 bits per heavy atom. The molecule has 172 valence electrons. The van der Waals surface area contributed by atoms with Gasteiger partial charge in [0.25, 0.3) is 11.5 Å². The molecule has 1 fully saturated rings. The predicted octanol–water partition coefficient (Wildman–Crippen LogP) is 2.12. The number of hydrogen-bond donors (Lipinski definition) is 2. The van der Waals surface area contributed by atoms with Crippen molar-refractivity contribution < 1.29 is 13.9 Å². The molecule has 0 saturated carbocycles. The van der Waals surface area contributed by atoms with Crippen molar-refractivity contribution >= 4 is 22.6 Å². The number of halogens is 1. The summed E-state index contributed by atoms with van der Waals surface area (Å²) in [5, 5.41) is 7.03. The second-order valence-electron chi connectivity index (χ2n) is 8.51. The lowest BCUT2D eigenvalue weighted by Crippen LogP contribution is -2.43. The summed E-state index contributed by atoms with van der Waals surface area (Å²) in [4.78, 5) is 30.7. The zero-order chi connectivity index (χ0) is 22.8. The third kappa shape index (κ3) is 4.89. The van der Waals surface area contributed by atoms with Crippen LogP contribution in [0.2, 0.25) is 0 Å². The molecule has 4 heterocycles. The number of pyridine rings is 2. The highest BCUT2D eigenvalue weighted by atomic mass is 19.1. The van der Waals surface area contributed by atoms with Gasteiger partial charge in [0.2, 0.25) is 0 Å². The molecule has 1 aromatic carbocycles. The standard InChI is InChI=1S/C24H26FN5O3/c25-17-2-4-20-16(13-17)1-6-23(32)30(20)12-11-29-9-7-18(8-10-29)26-14-19-3-5-21-24(27-19)28-22(31)15-33-21/h1-6,13,18,26H,7-12,14-15H2,(H,27,28,31). The van der Waals surface area contributed by atoms with Crippen molar-refractivity contribution in [1.82, 2.24) is 19.8 Å². The highest BCUT2D eigenvalue weighted by Crippen LogP contribution is 2.25. The van der Waals surface area contributed by atoms with E-state index < -0.39 is 0 Å². The van der Waals surface area contributed by atoms with Gasteiger partial charge in [0.15, 0.2) is 18.2 Å². The number of anilines is 1. The first-order chi connectivity index (χ1) is 16.0. The Morgan fingerprint density at radius 2 is 1.94 bits per heavy atom. The predicted molar refractivity (Wildman–Crippen MR) is 123 cm³/mol. The van der Waals surface area contributed by atoms with Gasteiger partial charge in [0.05, 0.1) is 11.2 Å². The van der Waals surface area contributed by atoms with Crippen LogP contribution in [0.1, 0.15) is 18.5 Å². The van der Waals surface area contributed by atoms with E-state index in [2.05, 4.69) is 20.5 Å². The van der Waals surface area contributed by atoms with Crippen LogP contribution in [0.3, 0.4) is 0 Å². The van der Waals surface area contributed by atoms with Gasteiger partial charge in [-0.05, 0) is 62.3 Å². The smallest absolute Gasteiger partial charge is 0.263 e. The first-order valence-electron chi connectivity index (χ1n) is 11.2. The molecule has 9 heteroatoms. The molecule has 2 N–H and O–H groups in total. The van der Waals surface area contributed by atoms with Crippen LogP contribution in [0, 0.1) is 5.82 Å². The quantitative estimate of drug-likeness (QED) is 0.597. The maximum absolute atomic E-state index is 13.5. The normalized spacial score (nSPS) is 16.9. The fourth-order valence-electron chi connectivity index (χ4n) is 4.46. The number of ether oxygens (including phenoxy) is 1. The summed E-state index contributed by atoms with van der Waals surface area (Å²) < 4.78 is 20.6. The van der Waals surface area contributed by atoms with Crippen molar-refractivity contribution in [2.75, 3.05) is 31.6 Å². The Balaban J connectivity index is 1.12. The summed E-state index contributed by atoms with van der Waals surface area (Å²) in [5.74, 6) is 0.588. The number of carbonyl (C=O) groups is 1. The van der Waals surface area contributed by atoms with Gasteiger partial charge in [-0.15, -0.1) is 0 Å². The van der Waals surface area contributed by atoms with Crippen molar-refractivity contribution in [3.63, 3.8) is 0 Å². The number of carbonyl (C=O) groups excluding carboxylic acids is 1. The first kappa shape index (κ1) is 21.5. The van der Waals surface area contributed by atoms with Gasteiger partial charge in [-0.1, -0.05) is 0 Å². The minimum Gasteiger partial charge on any atom is -0.480 e. The minimum atomic E-state index is -0.300. The van der Waals surface area contributed by atoms with Crippen LogP contribution in [-0.2, 0) is 17.9 Å². The van der Waals surface area contributed by atoms with Crippen molar-refractivity contribution in [1.29, 1.82) is 0 Å². The van der Waals surface area contributed by atoms with E-state index in [4.69, 9.17) is 4.74 Å². The summed E-state index contributed by atoms with van der Waals surface area (Å²) in [5.41, 5.74) is 1.55. The lowest BCUT2D eigenvalue weighted by molar-refractivity contribution is -0.118. The molecule has 0 radical (unpaired) electrons. The van der Waals surface area contributed by atoms with Gasteiger partial charge in [-0.3, -0.25) is 9.59 Å². The maximum atomic E-state index is 13.5. The summed E-state index contributed by atoms with van der Waals surface area (Å²) >= 11 is 0. The summed E-state index contributed by atoms with van der Waals surface area (Å²) in [7, 11) is 0. The number of fused-ring (bicyclic) bond motifs is 2. The van der Waals surface area contributed by atoms with Crippen molar-refractivity contribution in [2.24, 2.45) is 0 Å². The minimum absolute atomic E-state index is 0.0263. The number of rotatable bonds is 6. The van der Waals surface area contributed by atoms with Gasteiger partial charge >= 0.3 is 0 Å². The summed E-state index contributed by atoms with van der Waals surface area (Å²) in [6.07, 6.45) is 2.00. The van der Waals surface area contributed by atoms with E-state index in [-0.39, 0.29) is 23.9 Å². The number of aromatic nitrogens is 2. The SMILES string of the molecule is O=C1COc2ccc(CNC3CCN(CCn4c(=O)ccc5cc(F)ccc54)CC3)nc2N1. The van der Waals surface area contributed by atoms with Crippen molar-refractivity contribution in [2.45, 2.75) is 32.0 Å². The Bertz CT molecular complexity index is 1240. The van der Waals surface area contributed by atoms with Crippen LogP contribution in [0.5, 0.6) is 5.75 Å². The fourth-order valence-corrected chi connectivity index (χ4v) is 4.46. The molecule has 1 amide bonds. The molecule has 3 aromatic rings. The van der Waals surface area contributed by atoms with Crippen molar-refractivity contribution in [3.8, 4) is 5.75 Å². The zero-order valence-electron chi connectivity index (χ0n) is 18.2. The number of piperidine rings is 1. The first-order valence-corrected chi connectivity index (χ1v) is 11.2. The molecule has 0 unspecified atom stereocenters. The molecule has 5 rings (SSSR count). The summed E-state index contributed by atoms with van der Waals surface area (Å²) in [6, 6.07) is 11.8. The number of nitrogens with one attached hydrogen (secondary N) is 2. The monoisotopic (exact) mass is 451 g/mol. The third-order valence-electron chi connectivity index (χ3n) is 6.28. The second kappa shape index (κ2) is 9.29. The van der Waals surface area contributed by atoms with Gasteiger partial charge in [-0.25, -0.2) is 9.37 Å². The van der Waals surface area contributed by atoms with Crippen LogP contribution < -0.4 is 20.9 Å². The Kier molecular flexibility index (Phi) is 6.06. The highest BCUT2D eigenvalue weighted by molar-refractivity contribution is 5.94. The molecule has 2 aromatic heterocycles. The average Bonchev–Trinajstić information content (AvgIpc) is 2.82. The molecule has 0 spiro atoms. The lowest BCUT2D eigenvalue weighted by Gasteiger charge is -2.32. The molecule has 2 aliphatic heterocycles. The van der Waals surface area contributed by atoms with Crippen LogP contribution >= 0.6 is 0 Å².